The van der Waals surface area contributed by atoms with Crippen molar-refractivity contribution in [1.29, 1.82) is 0 Å². The number of likely N-dealkylation sites (N-methyl/N-ethyl adjacent to an activating group) is 1. The van der Waals surface area contributed by atoms with Crippen molar-refractivity contribution >= 4 is 0 Å². The maximum atomic E-state index is 3.18. The van der Waals surface area contributed by atoms with Crippen LogP contribution < -0.4 is 5.32 Å². The zero-order valence-electron chi connectivity index (χ0n) is 8.34. The van der Waals surface area contributed by atoms with Gasteiger partial charge in [-0.15, -0.1) is 0 Å². The van der Waals surface area contributed by atoms with Crippen LogP contribution in [0.4, 0.5) is 0 Å². The van der Waals surface area contributed by atoms with Gasteiger partial charge in [-0.2, -0.15) is 0 Å². The molecule has 3 nitrogen and oxygen atoms in total. The molecule has 74 valence electrons. The summed E-state index contributed by atoms with van der Waals surface area (Å²) in [5, 5.41) is 3.18. The summed E-state index contributed by atoms with van der Waals surface area (Å²) >= 11 is 0. The molecule has 0 aromatic heterocycles. The summed E-state index contributed by atoms with van der Waals surface area (Å²) in [5.41, 5.74) is 0. The van der Waals surface area contributed by atoms with Crippen molar-refractivity contribution in [3.63, 3.8) is 0 Å². The van der Waals surface area contributed by atoms with Crippen LogP contribution in [0.15, 0.2) is 0 Å². The zero-order valence-corrected chi connectivity index (χ0v) is 8.34. The normalized spacial score (nSPS) is 21.5. The first-order valence-electron chi connectivity index (χ1n) is 4.88. The summed E-state index contributed by atoms with van der Waals surface area (Å²) in [6.07, 6.45) is 1.28. The molecule has 12 heavy (non-hydrogen) atoms. The monoisotopic (exact) mass is 173 g/mol. The molecule has 0 radical (unpaired) electrons. The van der Waals surface area contributed by atoms with E-state index in [4.69, 9.17) is 0 Å². The van der Waals surface area contributed by atoms with Crippen LogP contribution in [0, 0.1) is 0 Å². The lowest BCUT2D eigenvalue weighted by Crippen LogP contribution is -2.45. The summed E-state index contributed by atoms with van der Waals surface area (Å²) in [5.74, 6) is 0. The van der Waals surface area contributed by atoms with Crippen LogP contribution in [-0.2, 0) is 0 Å². The summed E-state index contributed by atoms with van der Waals surface area (Å²) in [6.45, 7) is 7.38. The average molecular weight is 173 g/mol. The molecule has 0 unspecified atom stereocenters. The van der Waals surface area contributed by atoms with E-state index >= 15 is 0 Å². The van der Waals surface area contributed by atoms with Gasteiger partial charge in [0.05, 0.1) is 0 Å². The van der Waals surface area contributed by atoms with Gasteiger partial charge in [-0.1, -0.05) is 0 Å². The van der Waals surface area contributed by atoms with Crippen LogP contribution in [-0.4, -0.2) is 63.2 Å². The smallest absolute Gasteiger partial charge is 0.0110 e. The third-order valence-corrected chi connectivity index (χ3v) is 2.50. The van der Waals surface area contributed by atoms with Crippen LogP contribution in [0.2, 0.25) is 0 Å². The fourth-order valence-electron chi connectivity index (χ4n) is 1.55. The lowest BCUT2D eigenvalue weighted by Gasteiger charge is -2.32. The standard InChI is InChI=1S/C9H21N3.H2/c1-10-4-3-5-12-8-6-11(2)7-9-12;/h10H,3-9H2,1-2H3;1H. The van der Waals surface area contributed by atoms with E-state index in [0.29, 0.717) is 0 Å². The molecule has 0 spiro atoms. The van der Waals surface area contributed by atoms with Gasteiger partial charge in [0.15, 0.2) is 0 Å². The molecule has 1 aliphatic rings. The molecular formula is C9H23N3. The lowest BCUT2D eigenvalue weighted by atomic mass is 10.3. The molecule has 1 heterocycles. The second-order valence-electron chi connectivity index (χ2n) is 3.60. The molecule has 1 rings (SSSR count). The fraction of sp³-hybridized carbons (Fsp3) is 1.00. The summed E-state index contributed by atoms with van der Waals surface area (Å²) in [7, 11) is 4.22. The molecule has 0 bridgehead atoms. The van der Waals surface area contributed by atoms with Gasteiger partial charge in [0.25, 0.3) is 0 Å². The Hall–Kier alpha value is -0.120. The number of hydrogen-bond donors (Lipinski definition) is 1. The molecule has 1 saturated heterocycles. The van der Waals surface area contributed by atoms with Gasteiger partial charge in [-0.25, -0.2) is 0 Å². The minimum atomic E-state index is 0. The van der Waals surface area contributed by atoms with Crippen LogP contribution in [0.1, 0.15) is 7.85 Å². The molecule has 0 aromatic carbocycles. The van der Waals surface area contributed by atoms with E-state index in [1.165, 1.54) is 39.1 Å². The van der Waals surface area contributed by atoms with Gasteiger partial charge in [0.1, 0.15) is 0 Å². The second kappa shape index (κ2) is 5.51. The Labute approximate surface area is 77.2 Å². The SMILES string of the molecule is CNCCCN1CCN(C)CC1.[HH]. The molecule has 1 fully saturated rings. The molecule has 1 N–H and O–H groups in total. The molecular weight excluding hydrogens is 150 g/mol. The topological polar surface area (TPSA) is 18.5 Å². The van der Waals surface area contributed by atoms with Crippen molar-refractivity contribution in [1.82, 2.24) is 15.1 Å². The van der Waals surface area contributed by atoms with Gasteiger partial charge in [0.2, 0.25) is 0 Å². The minimum Gasteiger partial charge on any atom is -0.320 e. The van der Waals surface area contributed by atoms with Gasteiger partial charge in [0, 0.05) is 27.6 Å². The Bertz CT molecular complexity index is 113. The van der Waals surface area contributed by atoms with E-state index in [9.17, 15) is 0 Å². The minimum absolute atomic E-state index is 0. The molecule has 3 heteroatoms. The van der Waals surface area contributed by atoms with Crippen LogP contribution in [0.25, 0.3) is 0 Å². The maximum absolute atomic E-state index is 3.18. The number of piperazine rings is 1. The quantitative estimate of drug-likeness (QED) is 0.608. The lowest BCUT2D eigenvalue weighted by molar-refractivity contribution is 0.153. The van der Waals surface area contributed by atoms with Crippen molar-refractivity contribution in [3.8, 4) is 0 Å². The third kappa shape index (κ3) is 3.52. The zero-order chi connectivity index (χ0) is 8.81. The fourth-order valence-corrected chi connectivity index (χ4v) is 1.55. The van der Waals surface area contributed by atoms with E-state index in [1.54, 1.807) is 0 Å². The van der Waals surface area contributed by atoms with E-state index in [0.717, 1.165) is 6.54 Å². The predicted molar refractivity (Wildman–Crippen MR) is 54.6 cm³/mol. The summed E-state index contributed by atoms with van der Waals surface area (Å²) in [6, 6.07) is 0. The maximum Gasteiger partial charge on any atom is 0.0110 e. The average Bonchev–Trinajstić information content (AvgIpc) is 2.09. The van der Waals surface area contributed by atoms with Crippen molar-refractivity contribution in [2.24, 2.45) is 0 Å². The number of nitrogens with one attached hydrogen (secondary N) is 1. The highest BCUT2D eigenvalue weighted by Gasteiger charge is 2.12. The molecule has 0 aromatic rings. The predicted octanol–water partition coefficient (Wildman–Crippen LogP) is 0.0893. The molecule has 0 amide bonds. The van der Waals surface area contributed by atoms with Gasteiger partial charge < -0.3 is 15.1 Å². The molecule has 0 saturated carbocycles. The Morgan fingerprint density at radius 2 is 1.92 bits per heavy atom. The van der Waals surface area contributed by atoms with Gasteiger partial charge >= 0.3 is 0 Å². The van der Waals surface area contributed by atoms with Crippen LogP contribution in [0.3, 0.4) is 0 Å². The molecule has 0 aliphatic carbocycles. The molecule has 1 aliphatic heterocycles. The largest absolute Gasteiger partial charge is 0.320 e. The van der Waals surface area contributed by atoms with E-state index in [2.05, 4.69) is 22.2 Å². The highest BCUT2D eigenvalue weighted by molar-refractivity contribution is 4.68. The van der Waals surface area contributed by atoms with Crippen molar-refractivity contribution in [2.45, 2.75) is 6.42 Å². The van der Waals surface area contributed by atoms with Crippen molar-refractivity contribution < 1.29 is 1.43 Å². The first-order valence-corrected chi connectivity index (χ1v) is 4.88. The number of hydrogen-bond acceptors (Lipinski definition) is 3. The Morgan fingerprint density at radius 1 is 1.25 bits per heavy atom. The van der Waals surface area contributed by atoms with E-state index in [1.807, 2.05) is 7.05 Å². The molecule has 0 atom stereocenters. The van der Waals surface area contributed by atoms with E-state index in [-0.39, 0.29) is 1.43 Å². The highest BCUT2D eigenvalue weighted by atomic mass is 15.2. The first-order chi connectivity index (χ1) is 5.83. The van der Waals surface area contributed by atoms with Crippen molar-refractivity contribution in [2.75, 3.05) is 53.4 Å². The Balaban J connectivity index is 0.00000144. The van der Waals surface area contributed by atoms with E-state index < -0.39 is 0 Å². The highest BCUT2D eigenvalue weighted by Crippen LogP contribution is 1.99. The Morgan fingerprint density at radius 3 is 2.50 bits per heavy atom. The Kier molecular flexibility index (Phi) is 4.58. The third-order valence-electron chi connectivity index (χ3n) is 2.50. The van der Waals surface area contributed by atoms with Crippen LogP contribution in [0.5, 0.6) is 0 Å². The van der Waals surface area contributed by atoms with Crippen LogP contribution >= 0.6 is 0 Å². The summed E-state index contributed by atoms with van der Waals surface area (Å²) in [4.78, 5) is 4.95. The number of rotatable bonds is 4. The summed E-state index contributed by atoms with van der Waals surface area (Å²) < 4.78 is 0. The number of nitrogens with zero attached hydrogens (tertiary/aromatic N) is 2. The van der Waals surface area contributed by atoms with Gasteiger partial charge in [-0.3, -0.25) is 0 Å². The first kappa shape index (κ1) is 9.96. The van der Waals surface area contributed by atoms with Gasteiger partial charge in [-0.05, 0) is 33.6 Å². The second-order valence-corrected chi connectivity index (χ2v) is 3.60. The van der Waals surface area contributed by atoms with Crippen molar-refractivity contribution in [3.05, 3.63) is 0 Å².